The highest BCUT2D eigenvalue weighted by molar-refractivity contribution is 5.69. The van der Waals surface area contributed by atoms with Crippen LogP contribution in [0.2, 0.25) is 0 Å². The molecule has 0 saturated heterocycles. The molecule has 0 aliphatic heterocycles. The Morgan fingerprint density at radius 1 is 0.521 bits per heavy atom. The summed E-state index contributed by atoms with van der Waals surface area (Å²) >= 11 is 0. The quantitative estimate of drug-likeness (QED) is 0.0357. The third-order valence-electron chi connectivity index (χ3n) is 15.3. The lowest BCUT2D eigenvalue weighted by molar-refractivity contribution is -0.139. The summed E-state index contributed by atoms with van der Waals surface area (Å²) in [5.74, 6) is -6.22. The van der Waals surface area contributed by atoms with Crippen molar-refractivity contribution in [2.24, 2.45) is 5.73 Å². The number of benzene rings is 6. The fraction of sp³-hybridized carbons (Fsp3) is 0.303. The molecule has 500 valence electrons. The fourth-order valence-corrected chi connectivity index (χ4v) is 10.5. The summed E-state index contributed by atoms with van der Waals surface area (Å²) in [6.07, 6.45) is -9.80. The van der Waals surface area contributed by atoms with Gasteiger partial charge in [0.1, 0.15) is 23.1 Å². The third-order valence-corrected chi connectivity index (χ3v) is 15.3. The Hall–Kier alpha value is -9.96. The Labute approximate surface area is 529 Å². The predicted octanol–water partition coefficient (Wildman–Crippen LogP) is 11.2. The molecule has 94 heavy (non-hydrogen) atoms. The molecule has 6 aromatic carbocycles. The summed E-state index contributed by atoms with van der Waals surface area (Å²) in [5.41, 5.74) is -2.78. The van der Waals surface area contributed by atoms with E-state index in [1.807, 2.05) is 0 Å². The van der Waals surface area contributed by atoms with Crippen LogP contribution in [0.4, 0.5) is 43.9 Å². The highest BCUT2D eigenvalue weighted by atomic mass is 19.4. The fourth-order valence-electron chi connectivity index (χ4n) is 10.5. The second-order valence-corrected chi connectivity index (χ2v) is 21.5. The van der Waals surface area contributed by atoms with E-state index in [1.165, 1.54) is 64.5 Å². The highest BCUT2D eigenvalue weighted by Crippen LogP contribution is 2.38. The maximum absolute atomic E-state index is 15.7. The van der Waals surface area contributed by atoms with Gasteiger partial charge in [0, 0.05) is 57.6 Å². The number of likely N-dealkylation sites (N-methyl/N-ethyl adjacent to an activating group) is 1. The number of ether oxygens (including phenoxy) is 4. The maximum Gasteiger partial charge on any atom is 0.416 e. The van der Waals surface area contributed by atoms with Crippen molar-refractivity contribution in [3.05, 3.63) is 231 Å². The summed E-state index contributed by atoms with van der Waals surface area (Å²) in [6, 6.07) is 23.9. The van der Waals surface area contributed by atoms with E-state index in [-0.39, 0.29) is 96.3 Å². The molecule has 0 aliphatic carbocycles. The summed E-state index contributed by atoms with van der Waals surface area (Å²) in [7, 11) is 5.75. The van der Waals surface area contributed by atoms with Gasteiger partial charge in [-0.3, -0.25) is 37.4 Å². The Bertz CT molecular complexity index is 4330. The lowest BCUT2D eigenvalue weighted by Crippen LogP contribution is -2.45. The summed E-state index contributed by atoms with van der Waals surface area (Å²) < 4.78 is 169. The molecular weight excluding hydrogens is 1260 g/mol. The number of aliphatic carboxylic acids is 2. The molecule has 2 heterocycles. The number of methoxy groups -OCH3 is 2. The Morgan fingerprint density at radius 2 is 0.894 bits per heavy atom. The molecule has 0 saturated carbocycles. The van der Waals surface area contributed by atoms with Crippen molar-refractivity contribution in [3.63, 3.8) is 0 Å². The Morgan fingerprint density at radius 3 is 1.29 bits per heavy atom. The van der Waals surface area contributed by atoms with Crippen LogP contribution in [0.25, 0.3) is 22.3 Å². The van der Waals surface area contributed by atoms with E-state index in [2.05, 4.69) is 0 Å². The number of nitrogens with zero attached hydrogens (tertiary/aromatic N) is 5. The number of hydrogen-bond donors (Lipinski definition) is 3. The van der Waals surface area contributed by atoms with Crippen LogP contribution in [-0.2, 0) is 48.1 Å². The van der Waals surface area contributed by atoms with Gasteiger partial charge in [-0.25, -0.2) is 27.2 Å². The van der Waals surface area contributed by atoms with Crippen LogP contribution in [0.5, 0.6) is 23.0 Å². The van der Waals surface area contributed by atoms with Crippen LogP contribution >= 0.6 is 0 Å². The topological polar surface area (TPSA) is 229 Å². The number of rotatable bonds is 25. The van der Waals surface area contributed by atoms with Crippen LogP contribution in [0, 0.1) is 37.1 Å². The Balaban J connectivity index is 0.000000266. The van der Waals surface area contributed by atoms with Crippen molar-refractivity contribution >= 4 is 11.9 Å². The van der Waals surface area contributed by atoms with Crippen molar-refractivity contribution in [2.75, 3.05) is 41.5 Å². The first-order chi connectivity index (χ1) is 44.4. The second kappa shape index (κ2) is 30.6. The van der Waals surface area contributed by atoms with E-state index in [1.54, 1.807) is 67.5 Å². The number of alkyl halides is 6. The zero-order valence-electron chi connectivity index (χ0n) is 51.3. The number of carboxylic acid groups (broad SMARTS) is 2. The van der Waals surface area contributed by atoms with E-state index in [4.69, 9.17) is 34.9 Å². The van der Waals surface area contributed by atoms with Gasteiger partial charge in [-0.1, -0.05) is 72.8 Å². The van der Waals surface area contributed by atoms with Gasteiger partial charge in [-0.2, -0.15) is 26.3 Å². The van der Waals surface area contributed by atoms with Crippen LogP contribution in [0.1, 0.15) is 82.5 Å². The number of nitrogens with two attached hydrogens (primary N) is 1. The van der Waals surface area contributed by atoms with Gasteiger partial charge < -0.3 is 39.8 Å². The van der Waals surface area contributed by atoms with Gasteiger partial charge in [0.15, 0.2) is 23.1 Å². The lowest BCUT2D eigenvalue weighted by atomic mass is 10.0. The van der Waals surface area contributed by atoms with Gasteiger partial charge in [0.05, 0.1) is 87.9 Å². The van der Waals surface area contributed by atoms with Crippen molar-refractivity contribution in [3.8, 4) is 45.3 Å². The monoisotopic (exact) mass is 1320 g/mol. The third kappa shape index (κ3) is 16.3. The number of halogens is 10. The maximum atomic E-state index is 15.7. The minimum absolute atomic E-state index is 0.0246. The molecule has 0 spiro atoms. The average Bonchev–Trinajstić information content (AvgIpc) is 0.759. The van der Waals surface area contributed by atoms with Crippen molar-refractivity contribution in [1.82, 2.24) is 23.2 Å². The normalized spacial score (nSPS) is 12.2. The highest BCUT2D eigenvalue weighted by Gasteiger charge is 2.37. The molecule has 0 radical (unpaired) electrons. The van der Waals surface area contributed by atoms with E-state index in [0.29, 0.717) is 33.6 Å². The molecule has 28 heteroatoms. The van der Waals surface area contributed by atoms with Crippen molar-refractivity contribution in [1.29, 1.82) is 0 Å². The first-order valence-electron chi connectivity index (χ1n) is 28.8. The predicted molar refractivity (Wildman–Crippen MR) is 325 cm³/mol. The number of para-hydroxylation sites is 2. The number of aromatic nitrogens is 4. The molecule has 0 aliphatic rings. The average molecular weight is 1320 g/mol. The first kappa shape index (κ1) is 71.5. The van der Waals surface area contributed by atoms with E-state index < -0.39 is 124 Å². The number of carboxylic acids is 2. The molecule has 4 N–H and O–H groups in total. The van der Waals surface area contributed by atoms with Crippen LogP contribution in [-0.4, -0.2) is 86.8 Å². The molecule has 2 aromatic heterocycles. The van der Waals surface area contributed by atoms with Crippen molar-refractivity contribution in [2.45, 2.75) is 90.1 Å². The molecule has 0 fully saturated rings. The molecule has 2 atom stereocenters. The summed E-state index contributed by atoms with van der Waals surface area (Å²) in [5, 5.41) is 17.8. The van der Waals surface area contributed by atoms with Crippen molar-refractivity contribution < 1.29 is 82.7 Å². The summed E-state index contributed by atoms with van der Waals surface area (Å²) in [4.78, 5) is 79.6. The van der Waals surface area contributed by atoms with E-state index in [9.17, 15) is 59.5 Å². The van der Waals surface area contributed by atoms with Gasteiger partial charge in [0.25, 0.3) is 11.1 Å². The molecule has 8 rings (SSSR count). The summed E-state index contributed by atoms with van der Waals surface area (Å²) in [6.45, 7) is -0.155. The van der Waals surface area contributed by atoms with Crippen LogP contribution in [0.15, 0.2) is 141 Å². The van der Waals surface area contributed by atoms with E-state index in [0.717, 1.165) is 38.0 Å². The van der Waals surface area contributed by atoms with Crippen LogP contribution < -0.4 is 47.2 Å². The molecule has 0 bridgehead atoms. The zero-order chi connectivity index (χ0) is 69.1. The number of hydrogen-bond acceptors (Lipinski definition) is 12. The second-order valence-electron chi connectivity index (χ2n) is 21.5. The van der Waals surface area contributed by atoms with Gasteiger partial charge in [-0.15, -0.1) is 0 Å². The minimum Gasteiger partial charge on any atom is -0.494 e. The van der Waals surface area contributed by atoms with Gasteiger partial charge in [-0.05, 0) is 89.3 Å². The van der Waals surface area contributed by atoms with Gasteiger partial charge in [0.2, 0.25) is 0 Å². The van der Waals surface area contributed by atoms with Gasteiger partial charge >= 0.3 is 35.7 Å². The zero-order valence-corrected chi connectivity index (χ0v) is 51.3. The molecule has 8 aromatic rings. The number of carbonyl (C=O) groups is 2. The largest absolute Gasteiger partial charge is 0.494 e. The molecule has 2 unspecified atom stereocenters. The lowest BCUT2D eigenvalue weighted by Gasteiger charge is -2.28. The Kier molecular flexibility index (Phi) is 23.3. The smallest absolute Gasteiger partial charge is 0.416 e. The molecule has 0 amide bonds. The van der Waals surface area contributed by atoms with E-state index >= 15 is 13.2 Å². The minimum atomic E-state index is -4.97. The molecule has 18 nitrogen and oxygen atoms in total. The molecular formula is C66H64F10N6O12. The SMILES string of the molecule is COc1cccc(-c2c(C)n(Cc3c(F)cccc3C(F)(F)F)c(=O)n(CC(N)c3ccccc3OCCCC(=O)O)c2=O)c1F.COc1cccc(-c2c(C)n(Cc3c(F)cccc3C(F)(F)F)c(=O)n(CC(c3ccccc3OCCCC(=O)O)N(C)C)c2=O)c1F. The standard InChI is InChI=1S/C34H34F5N3O6.C32H30F5N3O6/c1-20-30(22-11-7-15-28(47-4)31(22)36)32(45)42(33(46)41(20)18-23-24(34(37,38)39)12-8-13-25(23)35)19-26(40(2)3)21-10-5-6-14-27(21)48-17-9-16-29(43)44;1-18-28(20-9-5-13-26(45-2)29(20)34)30(43)40(17-24(38)19-8-3-4-12-25(19)46-15-7-14-27(41)42)31(44)39(18)16-21-22(32(35,36)37)10-6-11-23(21)33/h5-8,10-15,26H,9,16-19H2,1-4H3,(H,43,44);3-6,8-13,24H,7,14-17,38H2,1-2H3,(H,41,42). The van der Waals surface area contributed by atoms with Crippen LogP contribution in [0.3, 0.4) is 0 Å². The first-order valence-corrected chi connectivity index (χ1v) is 28.8.